The predicted octanol–water partition coefficient (Wildman–Crippen LogP) is 4.09. The fourth-order valence-electron chi connectivity index (χ4n) is 2.62. The number of halogens is 1. The normalized spacial score (nSPS) is 10.9. The molecule has 3 aromatic carbocycles. The van der Waals surface area contributed by atoms with Crippen molar-refractivity contribution < 1.29 is 19.4 Å². The van der Waals surface area contributed by atoms with Gasteiger partial charge in [0.25, 0.3) is 5.91 Å². The topological polar surface area (TPSA) is 80.2 Å². The van der Waals surface area contributed by atoms with Crippen molar-refractivity contribution in [2.45, 2.75) is 0 Å². The second kappa shape index (κ2) is 8.09. The molecule has 0 spiro atoms. The Labute approximate surface area is 164 Å². The van der Waals surface area contributed by atoms with Crippen molar-refractivity contribution in [3.8, 4) is 17.2 Å². The van der Waals surface area contributed by atoms with Gasteiger partial charge in [0.15, 0.2) is 11.5 Å². The Morgan fingerprint density at radius 2 is 1.74 bits per heavy atom. The second-order valence-corrected chi connectivity index (χ2v) is 6.51. The number of rotatable bonds is 5. The molecule has 0 radical (unpaired) electrons. The minimum Gasteiger partial charge on any atom is -0.503 e. The molecule has 3 rings (SSSR count). The van der Waals surface area contributed by atoms with Crippen LogP contribution in [0.3, 0.4) is 0 Å². The van der Waals surface area contributed by atoms with E-state index in [4.69, 9.17) is 9.47 Å². The van der Waals surface area contributed by atoms with Crippen molar-refractivity contribution in [1.82, 2.24) is 5.43 Å². The maximum atomic E-state index is 12.5. The average Bonchev–Trinajstić information content (AvgIpc) is 2.69. The third-order valence-electron chi connectivity index (χ3n) is 3.96. The van der Waals surface area contributed by atoms with Gasteiger partial charge in [0.1, 0.15) is 5.75 Å². The first-order valence-electron chi connectivity index (χ1n) is 8.00. The lowest BCUT2D eigenvalue weighted by Crippen LogP contribution is -2.18. The number of carbonyl (C=O) groups is 1. The third-order valence-corrected chi connectivity index (χ3v) is 4.57. The molecule has 6 nitrogen and oxygen atoms in total. The summed E-state index contributed by atoms with van der Waals surface area (Å²) in [6.45, 7) is 0. The highest BCUT2D eigenvalue weighted by Crippen LogP contribution is 2.34. The molecule has 3 aromatic rings. The highest BCUT2D eigenvalue weighted by Gasteiger charge is 2.13. The fourth-order valence-corrected chi connectivity index (χ4v) is 3.08. The van der Waals surface area contributed by atoms with Crippen LogP contribution in [0.25, 0.3) is 10.8 Å². The van der Waals surface area contributed by atoms with Gasteiger partial charge in [-0.25, -0.2) is 5.43 Å². The summed E-state index contributed by atoms with van der Waals surface area (Å²) in [6.07, 6.45) is 1.46. The molecule has 0 saturated heterocycles. The van der Waals surface area contributed by atoms with E-state index in [0.29, 0.717) is 27.1 Å². The summed E-state index contributed by atoms with van der Waals surface area (Å²) in [6, 6.07) is 14.6. The van der Waals surface area contributed by atoms with Crippen molar-refractivity contribution >= 4 is 38.8 Å². The quantitative estimate of drug-likeness (QED) is 0.473. The SMILES string of the molecule is COc1cc2ccccc2cc1C(=O)NN=Cc1cc(Br)c(O)c(OC)c1. The lowest BCUT2D eigenvalue weighted by Gasteiger charge is -2.09. The minimum atomic E-state index is -0.390. The number of benzene rings is 3. The van der Waals surface area contributed by atoms with Gasteiger partial charge < -0.3 is 14.6 Å². The van der Waals surface area contributed by atoms with Gasteiger partial charge in [-0.1, -0.05) is 24.3 Å². The van der Waals surface area contributed by atoms with Crippen molar-refractivity contribution in [2.24, 2.45) is 5.10 Å². The molecular formula is C20H17BrN2O4. The van der Waals surface area contributed by atoms with E-state index >= 15 is 0 Å². The summed E-state index contributed by atoms with van der Waals surface area (Å²) in [5.74, 6) is 0.377. The molecule has 0 heterocycles. The molecule has 0 aliphatic rings. The smallest absolute Gasteiger partial charge is 0.275 e. The number of ether oxygens (including phenoxy) is 2. The summed E-state index contributed by atoms with van der Waals surface area (Å²) in [4.78, 5) is 12.5. The Hall–Kier alpha value is -3.06. The van der Waals surface area contributed by atoms with Crippen molar-refractivity contribution in [2.75, 3.05) is 14.2 Å². The zero-order valence-electron chi connectivity index (χ0n) is 14.7. The number of methoxy groups -OCH3 is 2. The van der Waals surface area contributed by atoms with Crippen molar-refractivity contribution in [3.63, 3.8) is 0 Å². The number of hydrazone groups is 1. The van der Waals surface area contributed by atoms with E-state index in [1.54, 1.807) is 18.2 Å². The number of phenolic OH excluding ortho intramolecular Hbond substituents is 1. The van der Waals surface area contributed by atoms with E-state index in [1.165, 1.54) is 20.4 Å². The number of aromatic hydroxyl groups is 1. The number of fused-ring (bicyclic) bond motifs is 1. The van der Waals surface area contributed by atoms with E-state index < -0.39 is 5.91 Å². The summed E-state index contributed by atoms with van der Waals surface area (Å²) in [7, 11) is 2.97. The molecule has 2 N–H and O–H groups in total. The van der Waals surface area contributed by atoms with Crippen LogP contribution in [0.5, 0.6) is 17.2 Å². The zero-order chi connectivity index (χ0) is 19.4. The van der Waals surface area contributed by atoms with Crippen LogP contribution >= 0.6 is 15.9 Å². The molecule has 0 unspecified atom stereocenters. The summed E-state index contributed by atoms with van der Waals surface area (Å²) in [5, 5.41) is 15.7. The summed E-state index contributed by atoms with van der Waals surface area (Å²) < 4.78 is 10.9. The molecule has 138 valence electrons. The van der Waals surface area contributed by atoms with Gasteiger partial charge in [0.2, 0.25) is 0 Å². The van der Waals surface area contributed by atoms with E-state index in [1.807, 2.05) is 30.3 Å². The molecular weight excluding hydrogens is 412 g/mol. The summed E-state index contributed by atoms with van der Waals surface area (Å²) in [5.41, 5.74) is 3.52. The van der Waals surface area contributed by atoms with Crippen LogP contribution in [0.4, 0.5) is 0 Å². The van der Waals surface area contributed by atoms with Crippen LogP contribution in [0.2, 0.25) is 0 Å². The number of hydrogen-bond acceptors (Lipinski definition) is 5. The van der Waals surface area contributed by atoms with Crippen LogP contribution in [0.1, 0.15) is 15.9 Å². The van der Waals surface area contributed by atoms with Crippen molar-refractivity contribution in [3.05, 3.63) is 64.1 Å². The number of nitrogens with zero attached hydrogens (tertiary/aromatic N) is 1. The molecule has 0 bridgehead atoms. The third kappa shape index (κ3) is 4.03. The van der Waals surface area contributed by atoms with Gasteiger partial charge in [-0.05, 0) is 56.5 Å². The van der Waals surface area contributed by atoms with Gasteiger partial charge >= 0.3 is 0 Å². The van der Waals surface area contributed by atoms with Crippen LogP contribution < -0.4 is 14.9 Å². The maximum absolute atomic E-state index is 12.5. The molecule has 27 heavy (non-hydrogen) atoms. The minimum absolute atomic E-state index is 0.000384. The van der Waals surface area contributed by atoms with E-state index in [2.05, 4.69) is 26.5 Å². The maximum Gasteiger partial charge on any atom is 0.275 e. The number of nitrogens with one attached hydrogen (secondary N) is 1. The number of hydrogen-bond donors (Lipinski definition) is 2. The van der Waals surface area contributed by atoms with Gasteiger partial charge in [-0.2, -0.15) is 5.10 Å². The molecule has 1 amide bonds. The monoisotopic (exact) mass is 428 g/mol. The predicted molar refractivity (Wildman–Crippen MR) is 108 cm³/mol. The molecule has 0 saturated carbocycles. The standard InChI is InChI=1S/C20H17BrN2O4/c1-26-17-10-14-6-4-3-5-13(14)9-15(17)20(25)23-22-11-12-7-16(21)19(24)18(8-12)27-2/h3-11,24H,1-2H3,(H,23,25). The van der Waals surface area contributed by atoms with Gasteiger partial charge in [0, 0.05) is 0 Å². The number of carbonyl (C=O) groups excluding carboxylic acids is 1. The van der Waals surface area contributed by atoms with Crippen molar-refractivity contribution in [1.29, 1.82) is 0 Å². The fraction of sp³-hybridized carbons (Fsp3) is 0.100. The highest BCUT2D eigenvalue weighted by molar-refractivity contribution is 9.10. The number of amides is 1. The van der Waals surface area contributed by atoms with E-state index in [9.17, 15) is 9.90 Å². The molecule has 0 atom stereocenters. The molecule has 0 aliphatic carbocycles. The second-order valence-electron chi connectivity index (χ2n) is 5.65. The van der Waals surface area contributed by atoms with Crippen LogP contribution in [0, 0.1) is 0 Å². The Bertz CT molecular complexity index is 1030. The largest absolute Gasteiger partial charge is 0.503 e. The first kappa shape index (κ1) is 18.7. The van der Waals surface area contributed by atoms with E-state index in [0.717, 1.165) is 10.8 Å². The lowest BCUT2D eigenvalue weighted by molar-refractivity contribution is 0.0952. The van der Waals surface area contributed by atoms with Gasteiger partial charge in [0.05, 0.1) is 30.5 Å². The Balaban J connectivity index is 1.83. The van der Waals surface area contributed by atoms with Gasteiger partial charge in [-0.15, -0.1) is 0 Å². The molecule has 7 heteroatoms. The van der Waals surface area contributed by atoms with Crippen LogP contribution in [-0.2, 0) is 0 Å². The average molecular weight is 429 g/mol. The van der Waals surface area contributed by atoms with Gasteiger partial charge in [-0.3, -0.25) is 4.79 Å². The Morgan fingerprint density at radius 1 is 1.07 bits per heavy atom. The highest BCUT2D eigenvalue weighted by atomic mass is 79.9. The lowest BCUT2D eigenvalue weighted by atomic mass is 10.1. The van der Waals surface area contributed by atoms with Crippen LogP contribution in [-0.4, -0.2) is 31.4 Å². The first-order chi connectivity index (χ1) is 13.0. The number of phenols is 1. The molecule has 0 fully saturated rings. The zero-order valence-corrected chi connectivity index (χ0v) is 16.3. The summed E-state index contributed by atoms with van der Waals surface area (Å²) >= 11 is 3.24. The Kier molecular flexibility index (Phi) is 5.61. The first-order valence-corrected chi connectivity index (χ1v) is 8.79. The Morgan fingerprint density at radius 3 is 2.41 bits per heavy atom. The van der Waals surface area contributed by atoms with E-state index in [-0.39, 0.29) is 5.75 Å². The molecule has 0 aromatic heterocycles. The molecule has 0 aliphatic heterocycles. The van der Waals surface area contributed by atoms with Crippen LogP contribution in [0.15, 0.2) is 58.1 Å².